The molecule has 12 heteroatoms. The van der Waals surface area contributed by atoms with Crippen LogP contribution in [0.25, 0.3) is 0 Å². The molecule has 52 heavy (non-hydrogen) atoms. The fourth-order valence-corrected chi connectivity index (χ4v) is 5.11. The second-order valence-corrected chi connectivity index (χ2v) is 13.2. The molecule has 270 valence electrons. The summed E-state index contributed by atoms with van der Waals surface area (Å²) < 4.78 is 34.5. The monoisotopic (exact) mass is 707 g/mol. The van der Waals surface area contributed by atoms with Crippen LogP contribution in [0.5, 0.6) is 5.75 Å². The molecule has 1 unspecified atom stereocenters. The zero-order valence-corrected chi connectivity index (χ0v) is 29.7. The number of hydrogen-bond acceptors (Lipinski definition) is 10. The summed E-state index contributed by atoms with van der Waals surface area (Å²) >= 11 is 0. The maximum absolute atomic E-state index is 13.9. The van der Waals surface area contributed by atoms with Crippen molar-refractivity contribution in [1.82, 2.24) is 5.32 Å². The number of carbonyl (C=O) groups excluding carboxylic acids is 4. The van der Waals surface area contributed by atoms with Crippen molar-refractivity contribution in [1.29, 1.82) is 0 Å². The lowest BCUT2D eigenvalue weighted by atomic mass is 9.78. The number of ether oxygens (including phenoxy) is 4. The number of rotatable bonds is 15. The van der Waals surface area contributed by atoms with Crippen LogP contribution in [-0.2, 0) is 57.7 Å². The Labute approximate surface area is 303 Å². The Hall–Kier alpha value is -5.46. The molecule has 0 aromatic heterocycles. The topological polar surface area (TPSA) is 136 Å². The van der Waals surface area contributed by atoms with Crippen molar-refractivity contribution in [2.24, 2.45) is 0 Å². The Morgan fingerprint density at radius 2 is 1.13 bits per heavy atom. The van der Waals surface area contributed by atoms with Crippen LogP contribution in [0.1, 0.15) is 61.2 Å². The highest BCUT2D eigenvalue weighted by molar-refractivity contribution is 6.62. The molecule has 4 aromatic carbocycles. The predicted octanol–water partition coefficient (Wildman–Crippen LogP) is 5.08. The Bertz CT molecular complexity index is 1820. The van der Waals surface area contributed by atoms with Crippen LogP contribution in [-0.4, -0.2) is 54.8 Å². The first kappa shape index (κ1) is 37.8. The summed E-state index contributed by atoms with van der Waals surface area (Å²) in [4.78, 5) is 52.9. The number of hydrogen-bond donors (Lipinski definition) is 1. The van der Waals surface area contributed by atoms with Crippen LogP contribution in [0.4, 0.5) is 0 Å². The number of nitrogens with one attached hydrogen (secondary N) is 1. The van der Waals surface area contributed by atoms with Gasteiger partial charge in [0, 0.05) is 0 Å². The van der Waals surface area contributed by atoms with Crippen molar-refractivity contribution >= 4 is 36.4 Å². The maximum Gasteiger partial charge on any atom is 0.494 e. The molecule has 11 nitrogen and oxygen atoms in total. The molecule has 0 bridgehead atoms. The van der Waals surface area contributed by atoms with E-state index in [1.54, 1.807) is 48.5 Å². The van der Waals surface area contributed by atoms with E-state index in [4.69, 9.17) is 28.3 Å². The van der Waals surface area contributed by atoms with E-state index in [-0.39, 0.29) is 31.1 Å². The number of benzene rings is 4. The summed E-state index contributed by atoms with van der Waals surface area (Å²) in [5.41, 5.74) is 1.51. The van der Waals surface area contributed by atoms with Gasteiger partial charge >= 0.3 is 25.0 Å². The minimum atomic E-state index is -1.41. The Morgan fingerprint density at radius 1 is 0.654 bits per heavy atom. The van der Waals surface area contributed by atoms with Crippen LogP contribution < -0.4 is 15.5 Å². The summed E-state index contributed by atoms with van der Waals surface area (Å²) in [6.07, 6.45) is -0.500. The minimum absolute atomic E-state index is 0.00410. The molecule has 0 radical (unpaired) electrons. The van der Waals surface area contributed by atoms with Crippen LogP contribution in [0.15, 0.2) is 109 Å². The normalized spacial score (nSPS) is 14.9. The summed E-state index contributed by atoms with van der Waals surface area (Å²) in [6.45, 7) is 7.08. The highest BCUT2D eigenvalue weighted by atomic mass is 16.7. The van der Waals surface area contributed by atoms with E-state index in [0.717, 1.165) is 16.7 Å². The smallest absolute Gasteiger partial charge is 0.481 e. The molecule has 1 aliphatic rings. The molecule has 1 N–H and O–H groups in total. The molecule has 5 rings (SSSR count). The average Bonchev–Trinajstić information content (AvgIpc) is 3.37. The highest BCUT2D eigenvalue weighted by Gasteiger charge is 2.52. The van der Waals surface area contributed by atoms with Gasteiger partial charge in [-0.05, 0) is 62.0 Å². The van der Waals surface area contributed by atoms with E-state index in [9.17, 15) is 19.2 Å². The molecule has 1 amide bonds. The zero-order chi connectivity index (χ0) is 37.1. The van der Waals surface area contributed by atoms with Crippen molar-refractivity contribution in [3.8, 4) is 5.75 Å². The van der Waals surface area contributed by atoms with Crippen molar-refractivity contribution < 1.29 is 47.4 Å². The van der Waals surface area contributed by atoms with Gasteiger partial charge < -0.3 is 33.6 Å². The molecule has 1 saturated heterocycles. The van der Waals surface area contributed by atoms with Crippen molar-refractivity contribution in [2.45, 2.75) is 71.2 Å². The summed E-state index contributed by atoms with van der Waals surface area (Å²) in [6, 6.07) is 30.5. The van der Waals surface area contributed by atoms with Gasteiger partial charge in [0.1, 0.15) is 31.6 Å². The first-order chi connectivity index (χ1) is 24.9. The average molecular weight is 708 g/mol. The quantitative estimate of drug-likeness (QED) is 0.101. The Balaban J connectivity index is 1.34. The van der Waals surface area contributed by atoms with Crippen LogP contribution >= 0.6 is 0 Å². The first-order valence-electron chi connectivity index (χ1n) is 16.9. The second-order valence-electron chi connectivity index (χ2n) is 13.2. The second kappa shape index (κ2) is 17.2. The molecule has 1 fully saturated rings. The molecule has 1 aliphatic heterocycles. The van der Waals surface area contributed by atoms with Crippen molar-refractivity contribution in [3.05, 3.63) is 131 Å². The van der Waals surface area contributed by atoms with E-state index in [1.165, 1.54) is 6.07 Å². The standard InChI is InChI=1S/C40H42BNO10/c1-39(2)40(3,4)52-41(51-39)31-20-21-32(34(22-31)47-27-36(44)49-25-29-16-10-6-11-17-29)37(45)42-33(38(46)50-26-30-18-12-7-13-19-30)23-35(43)48-24-28-14-8-5-9-15-28/h5-22,33H,23-27H2,1-4H3,(H,42,45). The fraction of sp³-hybridized carbons (Fsp3) is 0.300. The Kier molecular flexibility index (Phi) is 12.5. The molecule has 1 heterocycles. The third-order valence-electron chi connectivity index (χ3n) is 8.79. The molecule has 0 saturated carbocycles. The van der Waals surface area contributed by atoms with E-state index in [1.807, 2.05) is 82.3 Å². The molecule has 0 spiro atoms. The highest BCUT2D eigenvalue weighted by Crippen LogP contribution is 2.37. The van der Waals surface area contributed by atoms with Crippen molar-refractivity contribution in [2.75, 3.05) is 6.61 Å². The van der Waals surface area contributed by atoms with Crippen LogP contribution in [0.2, 0.25) is 0 Å². The van der Waals surface area contributed by atoms with Gasteiger partial charge in [0.2, 0.25) is 0 Å². The SMILES string of the molecule is CC1(C)OB(c2ccc(C(=O)NC(CC(=O)OCc3ccccc3)C(=O)OCc3ccccc3)c(OCC(=O)OCc3ccccc3)c2)OC1(C)C. The van der Waals surface area contributed by atoms with Gasteiger partial charge in [-0.3, -0.25) is 9.59 Å². The lowest BCUT2D eigenvalue weighted by Gasteiger charge is -2.32. The molecule has 0 aliphatic carbocycles. The third kappa shape index (κ3) is 10.3. The molecular formula is C40H42BNO10. The first-order valence-corrected chi connectivity index (χ1v) is 16.9. The van der Waals surface area contributed by atoms with Gasteiger partial charge in [-0.2, -0.15) is 0 Å². The largest absolute Gasteiger partial charge is 0.494 e. The summed E-state index contributed by atoms with van der Waals surface area (Å²) in [7, 11) is -0.797. The van der Waals surface area contributed by atoms with Gasteiger partial charge in [0.15, 0.2) is 6.61 Å². The summed E-state index contributed by atoms with van der Waals surface area (Å²) in [5, 5.41) is 2.62. The maximum atomic E-state index is 13.9. The molecular weight excluding hydrogens is 665 g/mol. The number of amides is 1. The lowest BCUT2D eigenvalue weighted by Crippen LogP contribution is -2.44. The van der Waals surface area contributed by atoms with Gasteiger partial charge in [-0.15, -0.1) is 0 Å². The van der Waals surface area contributed by atoms with Gasteiger partial charge in [-0.1, -0.05) is 97.1 Å². The van der Waals surface area contributed by atoms with Crippen molar-refractivity contribution in [3.63, 3.8) is 0 Å². The van der Waals surface area contributed by atoms with E-state index in [0.29, 0.717) is 5.46 Å². The van der Waals surface area contributed by atoms with Gasteiger partial charge in [0.25, 0.3) is 5.91 Å². The number of esters is 3. The van der Waals surface area contributed by atoms with E-state index < -0.39 is 61.2 Å². The fourth-order valence-electron chi connectivity index (χ4n) is 5.11. The predicted molar refractivity (Wildman–Crippen MR) is 192 cm³/mol. The third-order valence-corrected chi connectivity index (χ3v) is 8.79. The van der Waals surface area contributed by atoms with Gasteiger partial charge in [0.05, 0.1) is 23.2 Å². The van der Waals surface area contributed by atoms with E-state index in [2.05, 4.69) is 5.32 Å². The number of carbonyl (C=O) groups is 4. The van der Waals surface area contributed by atoms with Crippen LogP contribution in [0.3, 0.4) is 0 Å². The lowest BCUT2D eigenvalue weighted by molar-refractivity contribution is -0.153. The molecule has 4 aromatic rings. The van der Waals surface area contributed by atoms with Crippen LogP contribution in [0, 0.1) is 0 Å². The zero-order valence-electron chi connectivity index (χ0n) is 29.7. The Morgan fingerprint density at radius 3 is 1.65 bits per heavy atom. The van der Waals surface area contributed by atoms with E-state index >= 15 is 0 Å². The minimum Gasteiger partial charge on any atom is -0.481 e. The summed E-state index contributed by atoms with van der Waals surface area (Å²) in [5.74, 6) is -2.98. The molecule has 1 atom stereocenters. The van der Waals surface area contributed by atoms with Gasteiger partial charge in [-0.25, -0.2) is 9.59 Å².